The van der Waals surface area contributed by atoms with Crippen LogP contribution in [0, 0.1) is 5.92 Å². The Hall–Kier alpha value is -1.11. The molecule has 2 atom stereocenters. The van der Waals surface area contributed by atoms with E-state index >= 15 is 0 Å². The SMILES string of the molecule is COC(=O)C1CCCC1S(=O)(=O)NCc1cccc(Cl)c1. The van der Waals surface area contributed by atoms with Crippen LogP contribution in [-0.2, 0) is 26.1 Å². The number of nitrogens with one attached hydrogen (secondary N) is 1. The molecule has 0 amide bonds. The van der Waals surface area contributed by atoms with Crippen molar-refractivity contribution in [1.29, 1.82) is 0 Å². The minimum absolute atomic E-state index is 0.160. The number of benzene rings is 1. The lowest BCUT2D eigenvalue weighted by Gasteiger charge is -2.18. The van der Waals surface area contributed by atoms with Gasteiger partial charge in [-0.2, -0.15) is 0 Å². The number of halogens is 1. The zero-order valence-electron chi connectivity index (χ0n) is 11.7. The summed E-state index contributed by atoms with van der Waals surface area (Å²) in [5.74, 6) is -1.03. The third-order valence-electron chi connectivity index (χ3n) is 3.72. The summed E-state index contributed by atoms with van der Waals surface area (Å²) in [6.07, 6.45) is 1.74. The molecule has 1 saturated carbocycles. The summed E-state index contributed by atoms with van der Waals surface area (Å²) in [7, 11) is -2.29. The fourth-order valence-corrected chi connectivity index (χ4v) is 4.61. The molecule has 0 radical (unpaired) electrons. The van der Waals surface area contributed by atoms with Gasteiger partial charge >= 0.3 is 5.97 Å². The van der Waals surface area contributed by atoms with Crippen LogP contribution >= 0.6 is 11.6 Å². The molecule has 2 unspecified atom stereocenters. The van der Waals surface area contributed by atoms with E-state index in [0.717, 1.165) is 5.56 Å². The first-order chi connectivity index (χ1) is 9.94. The van der Waals surface area contributed by atoms with E-state index < -0.39 is 27.2 Å². The summed E-state index contributed by atoms with van der Waals surface area (Å²) in [5, 5.41) is -0.163. The highest BCUT2D eigenvalue weighted by Crippen LogP contribution is 2.31. The van der Waals surface area contributed by atoms with Gasteiger partial charge in [0.2, 0.25) is 10.0 Å². The van der Waals surface area contributed by atoms with Gasteiger partial charge in [-0.25, -0.2) is 13.1 Å². The molecule has 116 valence electrons. The maximum absolute atomic E-state index is 12.4. The smallest absolute Gasteiger partial charge is 0.310 e. The average Bonchev–Trinajstić information content (AvgIpc) is 2.95. The molecule has 1 aromatic rings. The first-order valence-corrected chi connectivity index (χ1v) is 8.67. The second-order valence-corrected chi connectivity index (χ2v) is 7.52. The predicted octanol–water partition coefficient (Wildman–Crippen LogP) is 2.10. The fraction of sp³-hybridized carbons (Fsp3) is 0.500. The molecule has 1 aliphatic carbocycles. The monoisotopic (exact) mass is 331 g/mol. The normalized spacial score (nSPS) is 22.2. The van der Waals surface area contributed by atoms with Gasteiger partial charge in [-0.15, -0.1) is 0 Å². The zero-order valence-corrected chi connectivity index (χ0v) is 13.3. The first kappa shape index (κ1) is 16.3. The maximum Gasteiger partial charge on any atom is 0.310 e. The van der Waals surface area contributed by atoms with Gasteiger partial charge in [0.1, 0.15) is 0 Å². The van der Waals surface area contributed by atoms with Gasteiger partial charge in [-0.1, -0.05) is 30.2 Å². The Bertz CT molecular complexity index is 617. The Morgan fingerprint density at radius 2 is 2.19 bits per heavy atom. The molecule has 0 aromatic heterocycles. The predicted molar refractivity (Wildman–Crippen MR) is 80.4 cm³/mol. The van der Waals surface area contributed by atoms with Crippen LogP contribution in [0.3, 0.4) is 0 Å². The van der Waals surface area contributed by atoms with E-state index in [1.54, 1.807) is 24.3 Å². The third kappa shape index (κ3) is 3.96. The molecule has 1 N–H and O–H groups in total. The number of sulfonamides is 1. The van der Waals surface area contributed by atoms with E-state index in [1.807, 2.05) is 0 Å². The highest BCUT2D eigenvalue weighted by molar-refractivity contribution is 7.90. The Balaban J connectivity index is 2.06. The lowest BCUT2D eigenvalue weighted by atomic mass is 10.1. The van der Waals surface area contributed by atoms with Crippen molar-refractivity contribution in [2.45, 2.75) is 31.1 Å². The van der Waals surface area contributed by atoms with E-state index in [4.69, 9.17) is 11.6 Å². The Labute approximate surface area is 129 Å². The van der Waals surface area contributed by atoms with Crippen LogP contribution in [0.15, 0.2) is 24.3 Å². The second-order valence-electron chi connectivity index (χ2n) is 5.10. The summed E-state index contributed by atoms with van der Waals surface area (Å²) in [5.41, 5.74) is 0.777. The minimum atomic E-state index is -3.57. The van der Waals surface area contributed by atoms with Crippen molar-refractivity contribution in [1.82, 2.24) is 4.72 Å². The molecule has 0 heterocycles. The van der Waals surface area contributed by atoms with E-state index in [0.29, 0.717) is 24.3 Å². The van der Waals surface area contributed by atoms with Crippen molar-refractivity contribution in [3.05, 3.63) is 34.9 Å². The highest BCUT2D eigenvalue weighted by Gasteiger charge is 2.41. The lowest BCUT2D eigenvalue weighted by molar-refractivity contribution is -0.145. The second kappa shape index (κ2) is 6.77. The van der Waals surface area contributed by atoms with Gasteiger partial charge in [-0.05, 0) is 30.5 Å². The number of rotatable bonds is 5. The fourth-order valence-electron chi connectivity index (χ4n) is 2.66. The van der Waals surface area contributed by atoms with Gasteiger partial charge in [-0.3, -0.25) is 4.79 Å². The van der Waals surface area contributed by atoms with Crippen LogP contribution in [0.5, 0.6) is 0 Å². The van der Waals surface area contributed by atoms with Gasteiger partial charge in [0.15, 0.2) is 0 Å². The van der Waals surface area contributed by atoms with E-state index in [9.17, 15) is 13.2 Å². The molecular formula is C14H18ClNO4S. The number of carbonyl (C=O) groups excluding carboxylic acids is 1. The Morgan fingerprint density at radius 1 is 1.43 bits per heavy atom. The summed E-state index contributed by atoms with van der Waals surface area (Å²) >= 11 is 5.87. The molecule has 0 bridgehead atoms. The molecule has 7 heteroatoms. The number of carbonyl (C=O) groups is 1. The van der Waals surface area contributed by atoms with Crippen molar-refractivity contribution in [3.8, 4) is 0 Å². The third-order valence-corrected chi connectivity index (χ3v) is 5.86. The van der Waals surface area contributed by atoms with Crippen LogP contribution in [0.1, 0.15) is 24.8 Å². The minimum Gasteiger partial charge on any atom is -0.469 e. The summed E-state index contributed by atoms with van der Waals surface area (Å²) < 4.78 is 32.0. The lowest BCUT2D eigenvalue weighted by Crippen LogP contribution is -2.39. The summed E-state index contributed by atoms with van der Waals surface area (Å²) in [4.78, 5) is 11.7. The zero-order chi connectivity index (χ0) is 15.5. The van der Waals surface area contributed by atoms with Crippen molar-refractivity contribution in [2.24, 2.45) is 5.92 Å². The van der Waals surface area contributed by atoms with E-state index in [-0.39, 0.29) is 6.54 Å². The molecule has 0 spiro atoms. The first-order valence-electron chi connectivity index (χ1n) is 6.75. The van der Waals surface area contributed by atoms with Crippen molar-refractivity contribution < 1.29 is 17.9 Å². The van der Waals surface area contributed by atoms with Gasteiger partial charge < -0.3 is 4.74 Å². The van der Waals surface area contributed by atoms with Crippen LogP contribution in [0.2, 0.25) is 5.02 Å². The number of methoxy groups -OCH3 is 1. The Kier molecular flexibility index (Phi) is 5.24. The van der Waals surface area contributed by atoms with Gasteiger partial charge in [0, 0.05) is 11.6 Å². The van der Waals surface area contributed by atoms with Crippen molar-refractivity contribution >= 4 is 27.6 Å². The quantitative estimate of drug-likeness (QED) is 0.839. The molecule has 21 heavy (non-hydrogen) atoms. The molecule has 2 rings (SSSR count). The van der Waals surface area contributed by atoms with Gasteiger partial charge in [0.25, 0.3) is 0 Å². The molecule has 0 aliphatic heterocycles. The topological polar surface area (TPSA) is 72.5 Å². The number of hydrogen-bond acceptors (Lipinski definition) is 4. The molecule has 1 aliphatic rings. The highest BCUT2D eigenvalue weighted by atomic mass is 35.5. The van der Waals surface area contributed by atoms with Gasteiger partial charge in [0.05, 0.1) is 18.3 Å². The standard InChI is InChI=1S/C14H18ClNO4S/c1-20-14(17)12-6-3-7-13(12)21(18,19)16-9-10-4-2-5-11(15)8-10/h2,4-5,8,12-13,16H,3,6-7,9H2,1H3. The van der Waals surface area contributed by atoms with Crippen LogP contribution in [0.4, 0.5) is 0 Å². The Morgan fingerprint density at radius 3 is 2.86 bits per heavy atom. The molecular weight excluding hydrogens is 314 g/mol. The van der Waals surface area contributed by atoms with Crippen LogP contribution in [-0.4, -0.2) is 26.7 Å². The molecule has 5 nitrogen and oxygen atoms in total. The molecule has 1 fully saturated rings. The van der Waals surface area contributed by atoms with Crippen molar-refractivity contribution in [2.75, 3.05) is 7.11 Å². The summed E-state index contributed by atoms with van der Waals surface area (Å²) in [6, 6.07) is 6.99. The average molecular weight is 332 g/mol. The maximum atomic E-state index is 12.4. The van der Waals surface area contributed by atoms with E-state index in [2.05, 4.69) is 9.46 Å². The number of hydrogen-bond donors (Lipinski definition) is 1. The summed E-state index contributed by atoms with van der Waals surface area (Å²) in [6.45, 7) is 0.160. The van der Waals surface area contributed by atoms with Crippen LogP contribution < -0.4 is 4.72 Å². The number of esters is 1. The largest absolute Gasteiger partial charge is 0.469 e. The van der Waals surface area contributed by atoms with Crippen LogP contribution in [0.25, 0.3) is 0 Å². The number of ether oxygens (including phenoxy) is 1. The molecule has 0 saturated heterocycles. The van der Waals surface area contributed by atoms with Crippen molar-refractivity contribution in [3.63, 3.8) is 0 Å². The molecule has 1 aromatic carbocycles. The van der Waals surface area contributed by atoms with E-state index in [1.165, 1.54) is 7.11 Å².